The van der Waals surface area contributed by atoms with E-state index < -0.39 is 9.05 Å². The lowest BCUT2D eigenvalue weighted by Crippen LogP contribution is -2.25. The molecule has 8 heteroatoms. The zero-order valence-corrected chi connectivity index (χ0v) is 13.3. The Morgan fingerprint density at radius 2 is 2.28 bits per heavy atom. The van der Waals surface area contributed by atoms with Gasteiger partial charge in [-0.25, -0.2) is 8.42 Å². The third-order valence-electron chi connectivity index (χ3n) is 2.78. The maximum atomic E-state index is 11.8. The maximum Gasteiger partial charge on any atom is 0.232 e. The lowest BCUT2D eigenvalue weighted by atomic mass is 10.1. The van der Waals surface area contributed by atoms with Crippen LogP contribution >= 0.6 is 37.9 Å². The number of amides is 1. The van der Waals surface area contributed by atoms with Gasteiger partial charge in [0.2, 0.25) is 15.0 Å². The van der Waals surface area contributed by atoms with Crippen LogP contribution < -0.4 is 0 Å². The number of nitrogens with zero attached hydrogens (tertiary/aromatic N) is 1. The third kappa shape index (κ3) is 3.69. The molecule has 4 nitrogen and oxygen atoms in total. The number of hydrogen-bond donors (Lipinski definition) is 0. The molecule has 1 amide bonds. The van der Waals surface area contributed by atoms with Crippen LogP contribution in [0.3, 0.4) is 0 Å². The minimum absolute atomic E-state index is 0.0154. The molecular formula is C10H11BrClNO3S2. The van der Waals surface area contributed by atoms with E-state index in [2.05, 4.69) is 15.9 Å². The fraction of sp³-hybridized carbons (Fsp3) is 0.500. The summed E-state index contributed by atoms with van der Waals surface area (Å²) in [4.78, 5) is 13.5. The van der Waals surface area contributed by atoms with Gasteiger partial charge in [-0.1, -0.05) is 0 Å². The lowest BCUT2D eigenvalue weighted by molar-refractivity contribution is -0.128. The number of hydrogen-bond acceptors (Lipinski definition) is 4. The number of halogens is 2. The van der Waals surface area contributed by atoms with Crippen molar-refractivity contribution in [3.63, 3.8) is 0 Å². The summed E-state index contributed by atoms with van der Waals surface area (Å²) in [6.45, 7) is 0.967. The number of likely N-dealkylation sites (tertiary alicyclic amines) is 1. The van der Waals surface area contributed by atoms with E-state index in [1.807, 2.05) is 11.4 Å². The Balaban J connectivity index is 2.00. The van der Waals surface area contributed by atoms with Crippen LogP contribution in [0.25, 0.3) is 0 Å². The molecule has 1 aromatic rings. The summed E-state index contributed by atoms with van der Waals surface area (Å²) >= 11 is 4.98. The Kier molecular flexibility index (Phi) is 4.36. The summed E-state index contributed by atoms with van der Waals surface area (Å²) in [5, 5.41) is 1.95. The average molecular weight is 373 g/mol. The molecular weight excluding hydrogens is 362 g/mol. The molecule has 0 aromatic carbocycles. The van der Waals surface area contributed by atoms with E-state index in [0.717, 1.165) is 9.35 Å². The van der Waals surface area contributed by atoms with E-state index in [9.17, 15) is 13.2 Å². The van der Waals surface area contributed by atoms with Gasteiger partial charge in [-0.05, 0) is 32.9 Å². The van der Waals surface area contributed by atoms with Crippen LogP contribution in [0, 0.1) is 5.92 Å². The molecule has 1 atom stereocenters. The molecule has 0 saturated carbocycles. The Bertz CT molecular complexity index is 557. The van der Waals surface area contributed by atoms with Crippen molar-refractivity contribution in [1.82, 2.24) is 4.90 Å². The van der Waals surface area contributed by atoms with Crippen LogP contribution in [0.1, 0.15) is 12.0 Å². The number of carbonyl (C=O) groups excluding carboxylic acids is 1. The van der Waals surface area contributed by atoms with E-state index in [1.54, 1.807) is 16.2 Å². The van der Waals surface area contributed by atoms with Crippen molar-refractivity contribution in [2.45, 2.75) is 13.0 Å². The summed E-state index contributed by atoms with van der Waals surface area (Å²) < 4.78 is 23.0. The van der Waals surface area contributed by atoms with Crippen LogP contribution in [-0.4, -0.2) is 31.5 Å². The van der Waals surface area contributed by atoms with Gasteiger partial charge in [-0.2, -0.15) is 0 Å². The molecule has 0 radical (unpaired) electrons. The quantitative estimate of drug-likeness (QED) is 0.763. The van der Waals surface area contributed by atoms with Gasteiger partial charge >= 0.3 is 0 Å². The van der Waals surface area contributed by atoms with Crippen LogP contribution in [0.5, 0.6) is 0 Å². The predicted molar refractivity (Wildman–Crippen MR) is 75.2 cm³/mol. The van der Waals surface area contributed by atoms with Gasteiger partial charge in [-0.3, -0.25) is 4.79 Å². The van der Waals surface area contributed by atoms with E-state index in [-0.39, 0.29) is 24.0 Å². The zero-order chi connectivity index (χ0) is 13.3. The Morgan fingerprint density at radius 3 is 2.83 bits per heavy atom. The van der Waals surface area contributed by atoms with Crippen molar-refractivity contribution in [3.8, 4) is 0 Å². The molecule has 100 valence electrons. The standard InChI is InChI=1S/C10H11BrClNO3S2/c11-10-8(1-2-17-10)5-13-4-7(3-9(13)14)6-18(12,15)16/h1-2,7H,3-6H2. The smallest absolute Gasteiger partial charge is 0.232 e. The Hall–Kier alpha value is -0.110. The molecule has 18 heavy (non-hydrogen) atoms. The second-order valence-corrected chi connectivity index (χ2v) is 9.33. The number of thiophene rings is 1. The highest BCUT2D eigenvalue weighted by Gasteiger charge is 2.32. The van der Waals surface area contributed by atoms with Gasteiger partial charge < -0.3 is 4.90 Å². The number of rotatable bonds is 4. The van der Waals surface area contributed by atoms with Gasteiger partial charge in [0, 0.05) is 36.1 Å². The SMILES string of the molecule is O=C1CC(CS(=O)(=O)Cl)CN1Cc1ccsc1Br. The third-order valence-corrected chi connectivity index (χ3v) is 5.84. The largest absolute Gasteiger partial charge is 0.338 e. The van der Waals surface area contributed by atoms with Gasteiger partial charge in [-0.15, -0.1) is 11.3 Å². The van der Waals surface area contributed by atoms with Crippen molar-refractivity contribution in [2.75, 3.05) is 12.3 Å². The molecule has 0 N–H and O–H groups in total. The summed E-state index contributed by atoms with van der Waals surface area (Å²) in [6, 6.07) is 1.95. The molecule has 0 spiro atoms. The highest BCUT2D eigenvalue weighted by Crippen LogP contribution is 2.28. The van der Waals surface area contributed by atoms with E-state index in [4.69, 9.17) is 10.7 Å². The van der Waals surface area contributed by atoms with Crippen molar-refractivity contribution in [1.29, 1.82) is 0 Å². The van der Waals surface area contributed by atoms with Crippen molar-refractivity contribution < 1.29 is 13.2 Å². The highest BCUT2D eigenvalue weighted by molar-refractivity contribution is 9.11. The van der Waals surface area contributed by atoms with Gasteiger partial charge in [0.15, 0.2) is 0 Å². The molecule has 1 aliphatic heterocycles. The molecule has 0 aliphatic carbocycles. The topological polar surface area (TPSA) is 54.5 Å². The van der Waals surface area contributed by atoms with Crippen LogP contribution in [0.2, 0.25) is 0 Å². The first-order valence-electron chi connectivity index (χ1n) is 5.27. The second-order valence-electron chi connectivity index (χ2n) is 4.27. The van der Waals surface area contributed by atoms with Gasteiger partial charge in [0.1, 0.15) is 0 Å². The van der Waals surface area contributed by atoms with Crippen molar-refractivity contribution in [3.05, 3.63) is 20.8 Å². The minimum atomic E-state index is -3.54. The normalized spacial score (nSPS) is 20.7. The first-order chi connectivity index (χ1) is 8.35. The van der Waals surface area contributed by atoms with E-state index >= 15 is 0 Å². The van der Waals surface area contributed by atoms with E-state index in [0.29, 0.717) is 13.1 Å². The van der Waals surface area contributed by atoms with E-state index in [1.165, 1.54) is 0 Å². The number of carbonyl (C=O) groups is 1. The second kappa shape index (κ2) is 5.48. The summed E-state index contributed by atoms with van der Waals surface area (Å²) in [6.07, 6.45) is 0.258. The van der Waals surface area contributed by atoms with Crippen molar-refractivity contribution >= 4 is 52.9 Å². The molecule has 1 unspecified atom stereocenters. The molecule has 0 bridgehead atoms. The van der Waals surface area contributed by atoms with Gasteiger partial charge in [0.05, 0.1) is 9.54 Å². The first-order valence-corrected chi connectivity index (χ1v) is 9.42. The molecule has 1 fully saturated rings. The summed E-state index contributed by atoms with van der Waals surface area (Å²) in [7, 11) is 1.67. The molecule has 2 heterocycles. The fourth-order valence-corrected chi connectivity index (χ4v) is 4.58. The minimum Gasteiger partial charge on any atom is -0.338 e. The highest BCUT2D eigenvalue weighted by atomic mass is 79.9. The molecule has 2 rings (SSSR count). The lowest BCUT2D eigenvalue weighted by Gasteiger charge is -2.15. The van der Waals surface area contributed by atoms with Crippen molar-refractivity contribution in [2.24, 2.45) is 5.92 Å². The summed E-state index contributed by atoms with van der Waals surface area (Å²) in [5.41, 5.74) is 1.04. The maximum absolute atomic E-state index is 11.8. The Morgan fingerprint density at radius 1 is 1.56 bits per heavy atom. The molecule has 1 aromatic heterocycles. The molecule has 1 saturated heterocycles. The summed E-state index contributed by atoms with van der Waals surface area (Å²) in [5.74, 6) is -0.349. The fourth-order valence-electron chi connectivity index (χ4n) is 2.04. The first kappa shape index (κ1) is 14.3. The van der Waals surface area contributed by atoms with Gasteiger partial charge in [0.25, 0.3) is 0 Å². The van der Waals surface area contributed by atoms with Crippen LogP contribution in [0.15, 0.2) is 15.2 Å². The molecule has 1 aliphatic rings. The predicted octanol–water partition coefficient (Wildman–Crippen LogP) is 2.43. The van der Waals surface area contributed by atoms with Crippen LogP contribution in [0.4, 0.5) is 0 Å². The Labute approximate surface area is 122 Å². The van der Waals surface area contributed by atoms with Crippen LogP contribution in [-0.2, 0) is 20.4 Å². The monoisotopic (exact) mass is 371 g/mol. The average Bonchev–Trinajstić information content (AvgIpc) is 2.73. The zero-order valence-electron chi connectivity index (χ0n) is 9.30.